The summed E-state index contributed by atoms with van der Waals surface area (Å²) in [5.74, 6) is 4.81. The molecule has 122 valence electrons. The zero-order valence-corrected chi connectivity index (χ0v) is 13.3. The number of likely N-dealkylation sites (N-methyl/N-ethyl adjacent to an activating group) is 1. The van der Waals surface area contributed by atoms with Crippen LogP contribution >= 0.6 is 0 Å². The number of hydrogen-bond donors (Lipinski definition) is 1. The fourth-order valence-corrected chi connectivity index (χ4v) is 3.14. The Morgan fingerprint density at radius 2 is 1.83 bits per heavy atom. The lowest BCUT2D eigenvalue weighted by Crippen LogP contribution is -2.40. The van der Waals surface area contributed by atoms with Gasteiger partial charge in [-0.2, -0.15) is 0 Å². The summed E-state index contributed by atoms with van der Waals surface area (Å²) < 4.78 is 13.6. The average Bonchev–Trinajstić information content (AvgIpc) is 2.90. The van der Waals surface area contributed by atoms with Gasteiger partial charge >= 0.3 is 0 Å². The third-order valence-electron chi connectivity index (χ3n) is 4.43. The number of likely N-dealkylation sites (tertiary alicyclic amines) is 1. The molecule has 2 aromatic rings. The lowest BCUT2D eigenvalue weighted by atomic mass is 9.88. The Hall–Kier alpha value is -2.64. The van der Waals surface area contributed by atoms with E-state index in [1.54, 1.807) is 30.1 Å². The van der Waals surface area contributed by atoms with E-state index in [9.17, 15) is 14.3 Å². The molecule has 3 atom stereocenters. The topological polar surface area (TPSA) is 40.5 Å². The Balaban J connectivity index is 1.88. The molecule has 0 spiro atoms. The monoisotopic (exact) mass is 323 g/mol. The first-order valence-electron chi connectivity index (χ1n) is 7.82. The van der Waals surface area contributed by atoms with E-state index in [1.807, 2.05) is 30.3 Å². The second-order valence-electron chi connectivity index (χ2n) is 5.91. The molecule has 2 aromatic carbocycles. The summed E-state index contributed by atoms with van der Waals surface area (Å²) in [7, 11) is 1.67. The van der Waals surface area contributed by atoms with Crippen LogP contribution < -0.4 is 0 Å². The SMILES string of the molecule is CN1C(=O)C[C@H](c2ccccc2)[C@@H]1C(O)C#Cc1ccccc1F. The highest BCUT2D eigenvalue weighted by Crippen LogP contribution is 2.35. The molecule has 3 nitrogen and oxygen atoms in total. The van der Waals surface area contributed by atoms with E-state index in [1.165, 1.54) is 6.07 Å². The first kappa shape index (κ1) is 16.2. The van der Waals surface area contributed by atoms with Crippen molar-refractivity contribution < 1.29 is 14.3 Å². The highest BCUT2D eigenvalue weighted by Gasteiger charge is 2.41. The molecule has 1 amide bonds. The van der Waals surface area contributed by atoms with Crippen LogP contribution in [0.4, 0.5) is 4.39 Å². The van der Waals surface area contributed by atoms with Crippen LogP contribution in [0, 0.1) is 17.7 Å². The minimum absolute atomic E-state index is 0.0272. The number of nitrogens with zero attached hydrogens (tertiary/aromatic N) is 1. The van der Waals surface area contributed by atoms with Gasteiger partial charge in [0.1, 0.15) is 11.9 Å². The number of hydrogen-bond acceptors (Lipinski definition) is 2. The van der Waals surface area contributed by atoms with Gasteiger partial charge in [-0.25, -0.2) is 4.39 Å². The first-order valence-corrected chi connectivity index (χ1v) is 7.82. The maximum Gasteiger partial charge on any atom is 0.223 e. The van der Waals surface area contributed by atoms with E-state index in [-0.39, 0.29) is 17.4 Å². The Labute approximate surface area is 140 Å². The van der Waals surface area contributed by atoms with Crippen LogP contribution in [0.25, 0.3) is 0 Å². The van der Waals surface area contributed by atoms with Crippen molar-refractivity contribution in [1.82, 2.24) is 4.90 Å². The normalized spacial score (nSPS) is 21.3. The van der Waals surface area contributed by atoms with Crippen LogP contribution in [-0.2, 0) is 4.79 Å². The summed E-state index contributed by atoms with van der Waals surface area (Å²) in [6.45, 7) is 0. The fraction of sp³-hybridized carbons (Fsp3) is 0.250. The number of aliphatic hydroxyl groups excluding tert-OH is 1. The van der Waals surface area contributed by atoms with Crippen LogP contribution in [0.3, 0.4) is 0 Å². The van der Waals surface area contributed by atoms with Gasteiger partial charge in [0, 0.05) is 19.4 Å². The predicted molar refractivity (Wildman–Crippen MR) is 89.6 cm³/mol. The largest absolute Gasteiger partial charge is 0.378 e. The zero-order chi connectivity index (χ0) is 17.1. The van der Waals surface area contributed by atoms with Crippen molar-refractivity contribution in [3.63, 3.8) is 0 Å². The molecular weight excluding hydrogens is 305 g/mol. The van der Waals surface area contributed by atoms with Gasteiger partial charge in [0.05, 0.1) is 11.6 Å². The molecule has 4 heteroatoms. The summed E-state index contributed by atoms with van der Waals surface area (Å²) in [4.78, 5) is 13.6. The van der Waals surface area contributed by atoms with E-state index in [0.29, 0.717) is 6.42 Å². The van der Waals surface area contributed by atoms with Crippen LogP contribution in [0.2, 0.25) is 0 Å². The van der Waals surface area contributed by atoms with Crippen LogP contribution in [0.5, 0.6) is 0 Å². The number of aliphatic hydroxyl groups is 1. The lowest BCUT2D eigenvalue weighted by molar-refractivity contribution is -0.128. The zero-order valence-electron chi connectivity index (χ0n) is 13.3. The predicted octanol–water partition coefficient (Wildman–Crippen LogP) is 2.55. The molecule has 1 heterocycles. The summed E-state index contributed by atoms with van der Waals surface area (Å²) in [5.41, 5.74) is 1.23. The number of rotatable bonds is 2. The van der Waals surface area contributed by atoms with Crippen molar-refractivity contribution >= 4 is 5.91 Å². The average molecular weight is 323 g/mol. The van der Waals surface area contributed by atoms with Crippen LogP contribution in [0.15, 0.2) is 54.6 Å². The fourth-order valence-electron chi connectivity index (χ4n) is 3.14. The highest BCUT2D eigenvalue weighted by molar-refractivity contribution is 5.80. The third-order valence-corrected chi connectivity index (χ3v) is 4.43. The molecule has 3 rings (SSSR count). The van der Waals surface area contributed by atoms with Crippen LogP contribution in [-0.4, -0.2) is 35.1 Å². The number of halogens is 1. The summed E-state index contributed by atoms with van der Waals surface area (Å²) >= 11 is 0. The molecule has 24 heavy (non-hydrogen) atoms. The molecular formula is C20H18FNO2. The molecule has 1 fully saturated rings. The van der Waals surface area contributed by atoms with E-state index in [2.05, 4.69) is 11.8 Å². The molecule has 0 saturated carbocycles. The van der Waals surface area contributed by atoms with E-state index in [4.69, 9.17) is 0 Å². The van der Waals surface area contributed by atoms with Crippen molar-refractivity contribution in [1.29, 1.82) is 0 Å². The maximum atomic E-state index is 13.6. The molecule has 1 aliphatic rings. The molecule has 0 bridgehead atoms. The van der Waals surface area contributed by atoms with Gasteiger partial charge in [-0.1, -0.05) is 54.3 Å². The molecule has 0 aliphatic carbocycles. The number of benzene rings is 2. The standard InChI is InChI=1S/C20H18FNO2/c1-22-19(24)13-16(14-7-3-2-4-8-14)20(22)18(23)12-11-15-9-5-6-10-17(15)21/h2-10,16,18,20,23H,13H2,1H3/t16-,18?,20-/m1/s1. The number of amides is 1. The maximum absolute atomic E-state index is 13.6. The van der Waals surface area contributed by atoms with Gasteiger partial charge in [0.15, 0.2) is 0 Å². The molecule has 1 unspecified atom stereocenters. The smallest absolute Gasteiger partial charge is 0.223 e. The van der Waals surface area contributed by atoms with Gasteiger partial charge in [-0.3, -0.25) is 4.79 Å². The molecule has 1 saturated heterocycles. The van der Waals surface area contributed by atoms with Gasteiger partial charge in [0.2, 0.25) is 5.91 Å². The van der Waals surface area contributed by atoms with Gasteiger partial charge in [0.25, 0.3) is 0 Å². The summed E-state index contributed by atoms with van der Waals surface area (Å²) in [6, 6.07) is 15.3. The van der Waals surface area contributed by atoms with Gasteiger partial charge < -0.3 is 10.0 Å². The quantitative estimate of drug-likeness (QED) is 0.863. The Morgan fingerprint density at radius 1 is 1.17 bits per heavy atom. The third kappa shape index (κ3) is 3.17. The number of carbonyl (C=O) groups excluding carboxylic acids is 1. The molecule has 1 aliphatic heterocycles. The van der Waals surface area contributed by atoms with E-state index >= 15 is 0 Å². The van der Waals surface area contributed by atoms with Crippen molar-refractivity contribution in [2.24, 2.45) is 0 Å². The molecule has 0 aromatic heterocycles. The summed E-state index contributed by atoms with van der Waals surface area (Å²) in [6.07, 6.45) is -0.713. The lowest BCUT2D eigenvalue weighted by Gasteiger charge is -2.27. The van der Waals surface area contributed by atoms with E-state index < -0.39 is 18.0 Å². The Morgan fingerprint density at radius 3 is 2.54 bits per heavy atom. The van der Waals surface area contributed by atoms with Crippen molar-refractivity contribution in [3.8, 4) is 11.8 Å². The second kappa shape index (κ2) is 6.86. The van der Waals surface area contributed by atoms with Crippen molar-refractivity contribution in [2.45, 2.75) is 24.5 Å². The van der Waals surface area contributed by atoms with Crippen molar-refractivity contribution in [2.75, 3.05) is 7.05 Å². The molecule has 1 N–H and O–H groups in total. The minimum atomic E-state index is -1.05. The molecule has 0 radical (unpaired) electrons. The highest BCUT2D eigenvalue weighted by atomic mass is 19.1. The second-order valence-corrected chi connectivity index (χ2v) is 5.91. The number of carbonyl (C=O) groups is 1. The first-order chi connectivity index (χ1) is 11.6. The minimum Gasteiger partial charge on any atom is -0.378 e. The van der Waals surface area contributed by atoms with Gasteiger partial charge in [-0.15, -0.1) is 0 Å². The Kier molecular flexibility index (Phi) is 4.64. The van der Waals surface area contributed by atoms with Gasteiger partial charge in [-0.05, 0) is 17.7 Å². The van der Waals surface area contributed by atoms with Crippen molar-refractivity contribution in [3.05, 3.63) is 71.5 Å². The van der Waals surface area contributed by atoms with Crippen LogP contribution in [0.1, 0.15) is 23.5 Å². The van der Waals surface area contributed by atoms with E-state index in [0.717, 1.165) is 5.56 Å². The Bertz CT molecular complexity index is 794. The summed E-state index contributed by atoms with van der Waals surface area (Å²) in [5, 5.41) is 10.5.